The van der Waals surface area contributed by atoms with E-state index in [-0.39, 0.29) is 24.2 Å². The summed E-state index contributed by atoms with van der Waals surface area (Å²) in [5.74, 6) is -0.237. The van der Waals surface area contributed by atoms with Gasteiger partial charge in [-0.1, -0.05) is 22.0 Å². The van der Waals surface area contributed by atoms with Gasteiger partial charge in [0.1, 0.15) is 5.82 Å². The fourth-order valence-electron chi connectivity index (χ4n) is 2.38. The molecule has 0 spiro atoms. The zero-order valence-electron chi connectivity index (χ0n) is 11.2. The summed E-state index contributed by atoms with van der Waals surface area (Å²) >= 11 is 3.33. The van der Waals surface area contributed by atoms with Crippen LogP contribution < -0.4 is 5.32 Å². The Kier molecular flexibility index (Phi) is 5.31. The molecule has 1 heterocycles. The number of benzene rings is 1. The fourth-order valence-corrected chi connectivity index (χ4v) is 2.79. The van der Waals surface area contributed by atoms with Crippen molar-refractivity contribution in [1.29, 1.82) is 0 Å². The van der Waals surface area contributed by atoms with Crippen molar-refractivity contribution in [1.82, 2.24) is 10.2 Å². The van der Waals surface area contributed by atoms with Crippen LogP contribution in [0.1, 0.15) is 12.0 Å². The van der Waals surface area contributed by atoms with E-state index in [0.717, 1.165) is 17.4 Å². The first kappa shape index (κ1) is 15.2. The Bertz CT molecular complexity index is 501. The predicted octanol–water partition coefficient (Wildman–Crippen LogP) is 2.71. The van der Waals surface area contributed by atoms with E-state index in [1.165, 1.54) is 6.07 Å². The van der Waals surface area contributed by atoms with Crippen LogP contribution >= 0.6 is 15.9 Å². The topological polar surface area (TPSA) is 32.3 Å². The van der Waals surface area contributed by atoms with Crippen LogP contribution in [0.2, 0.25) is 0 Å². The molecule has 108 valence electrons. The summed E-state index contributed by atoms with van der Waals surface area (Å²) in [6.07, 6.45) is 2.52. The van der Waals surface area contributed by atoms with E-state index in [1.807, 2.05) is 0 Å². The molecule has 2 rings (SSSR count). The maximum Gasteiger partial charge on any atom is 0.227 e. The molecule has 1 unspecified atom stereocenters. The highest BCUT2D eigenvalue weighted by Crippen LogP contribution is 2.19. The van der Waals surface area contributed by atoms with Crippen molar-refractivity contribution in [3.63, 3.8) is 0 Å². The van der Waals surface area contributed by atoms with Gasteiger partial charge in [-0.25, -0.2) is 4.39 Å². The summed E-state index contributed by atoms with van der Waals surface area (Å²) in [6.45, 7) is 5.95. The van der Waals surface area contributed by atoms with Crippen LogP contribution in [0, 0.1) is 11.7 Å². The van der Waals surface area contributed by atoms with Crippen LogP contribution in [0.25, 0.3) is 0 Å². The highest BCUT2D eigenvalue weighted by atomic mass is 79.9. The molecule has 1 aromatic carbocycles. The van der Waals surface area contributed by atoms with E-state index in [4.69, 9.17) is 0 Å². The van der Waals surface area contributed by atoms with Crippen molar-refractivity contribution in [2.75, 3.05) is 19.6 Å². The Labute approximate surface area is 127 Å². The molecule has 1 atom stereocenters. The number of hydrogen-bond donors (Lipinski definition) is 1. The first-order valence-corrected chi connectivity index (χ1v) is 7.45. The second-order valence-electron chi connectivity index (χ2n) is 4.93. The Hall–Kier alpha value is -1.20. The highest BCUT2D eigenvalue weighted by Gasteiger charge is 2.27. The number of nitrogens with one attached hydrogen (secondary N) is 1. The molecule has 0 aliphatic carbocycles. The molecule has 0 aromatic heterocycles. The van der Waals surface area contributed by atoms with E-state index >= 15 is 0 Å². The highest BCUT2D eigenvalue weighted by molar-refractivity contribution is 9.10. The summed E-state index contributed by atoms with van der Waals surface area (Å²) in [7, 11) is 0. The van der Waals surface area contributed by atoms with Gasteiger partial charge in [0.2, 0.25) is 5.91 Å². The minimum absolute atomic E-state index is 0.00911. The lowest BCUT2D eigenvalue weighted by atomic mass is 10.1. The molecule has 20 heavy (non-hydrogen) atoms. The standard InChI is InChI=1S/C15H18BrFN2O/c1-2-7-19(15(20)11-5-6-18-9-11)10-12-8-13(16)3-4-14(12)17/h2-4,8,11,18H,1,5-7,9-10H2. The zero-order valence-corrected chi connectivity index (χ0v) is 12.8. The lowest BCUT2D eigenvalue weighted by Crippen LogP contribution is -2.37. The third-order valence-corrected chi connectivity index (χ3v) is 3.93. The van der Waals surface area contributed by atoms with Gasteiger partial charge in [0, 0.05) is 29.7 Å². The van der Waals surface area contributed by atoms with Crippen molar-refractivity contribution in [2.24, 2.45) is 5.92 Å². The molecular weight excluding hydrogens is 323 g/mol. The van der Waals surface area contributed by atoms with Crippen LogP contribution in [0.3, 0.4) is 0 Å². The van der Waals surface area contributed by atoms with Crippen molar-refractivity contribution in [2.45, 2.75) is 13.0 Å². The van der Waals surface area contributed by atoms with Gasteiger partial charge in [-0.2, -0.15) is 0 Å². The van der Waals surface area contributed by atoms with Crippen LogP contribution in [0.15, 0.2) is 35.3 Å². The maximum atomic E-state index is 13.8. The molecule has 1 amide bonds. The van der Waals surface area contributed by atoms with Crippen molar-refractivity contribution in [3.8, 4) is 0 Å². The van der Waals surface area contributed by atoms with Gasteiger partial charge >= 0.3 is 0 Å². The van der Waals surface area contributed by atoms with Gasteiger partial charge in [0.15, 0.2) is 0 Å². The fraction of sp³-hybridized carbons (Fsp3) is 0.400. The quantitative estimate of drug-likeness (QED) is 0.836. The summed E-state index contributed by atoms with van der Waals surface area (Å²) in [5.41, 5.74) is 0.514. The molecule has 0 saturated carbocycles. The molecule has 1 saturated heterocycles. The largest absolute Gasteiger partial charge is 0.334 e. The summed E-state index contributed by atoms with van der Waals surface area (Å²) in [5, 5.41) is 3.18. The molecule has 1 aromatic rings. The lowest BCUT2D eigenvalue weighted by Gasteiger charge is -2.24. The first-order valence-electron chi connectivity index (χ1n) is 6.66. The second-order valence-corrected chi connectivity index (χ2v) is 5.85. The van der Waals surface area contributed by atoms with Gasteiger partial charge in [0.05, 0.1) is 5.92 Å². The number of carbonyl (C=O) groups is 1. The van der Waals surface area contributed by atoms with Gasteiger partial charge in [-0.3, -0.25) is 4.79 Å². The van der Waals surface area contributed by atoms with E-state index < -0.39 is 0 Å². The molecule has 1 aliphatic heterocycles. The van der Waals surface area contributed by atoms with Gasteiger partial charge < -0.3 is 10.2 Å². The Morgan fingerprint density at radius 3 is 3.05 bits per heavy atom. The Balaban J connectivity index is 2.13. The van der Waals surface area contributed by atoms with Crippen LogP contribution in [0.5, 0.6) is 0 Å². The predicted molar refractivity (Wildman–Crippen MR) is 80.7 cm³/mol. The average Bonchev–Trinajstić information content (AvgIpc) is 2.95. The SMILES string of the molecule is C=CCN(Cc1cc(Br)ccc1F)C(=O)C1CCNC1. The number of rotatable bonds is 5. The minimum atomic E-state index is -0.292. The molecule has 3 nitrogen and oxygen atoms in total. The number of halogens is 2. The Morgan fingerprint density at radius 2 is 2.40 bits per heavy atom. The normalized spacial score (nSPS) is 18.0. The van der Waals surface area contributed by atoms with Crippen LogP contribution in [0.4, 0.5) is 4.39 Å². The molecule has 5 heteroatoms. The number of amides is 1. The summed E-state index contributed by atoms with van der Waals surface area (Å²) in [6, 6.07) is 4.78. The third-order valence-electron chi connectivity index (χ3n) is 3.44. The average molecular weight is 341 g/mol. The van der Waals surface area contributed by atoms with Gasteiger partial charge in [0.25, 0.3) is 0 Å². The first-order chi connectivity index (χ1) is 9.61. The molecule has 0 radical (unpaired) electrons. The second kappa shape index (κ2) is 6.99. The zero-order chi connectivity index (χ0) is 14.5. The van der Waals surface area contributed by atoms with E-state index in [2.05, 4.69) is 27.8 Å². The van der Waals surface area contributed by atoms with E-state index in [0.29, 0.717) is 18.7 Å². The van der Waals surface area contributed by atoms with Crippen molar-refractivity contribution in [3.05, 3.63) is 46.7 Å². The molecule has 1 N–H and O–H groups in total. The lowest BCUT2D eigenvalue weighted by molar-refractivity contribution is -0.135. The van der Waals surface area contributed by atoms with Crippen molar-refractivity contribution < 1.29 is 9.18 Å². The Morgan fingerprint density at radius 1 is 1.60 bits per heavy atom. The van der Waals surface area contributed by atoms with Gasteiger partial charge in [-0.05, 0) is 31.2 Å². The molecule has 1 aliphatic rings. The van der Waals surface area contributed by atoms with E-state index in [9.17, 15) is 9.18 Å². The number of nitrogens with zero attached hydrogens (tertiary/aromatic N) is 1. The van der Waals surface area contributed by atoms with Crippen LogP contribution in [-0.2, 0) is 11.3 Å². The molecule has 0 bridgehead atoms. The summed E-state index contributed by atoms with van der Waals surface area (Å²) < 4.78 is 14.6. The molecular formula is C15H18BrFN2O. The number of hydrogen-bond acceptors (Lipinski definition) is 2. The van der Waals surface area contributed by atoms with Crippen molar-refractivity contribution >= 4 is 21.8 Å². The molecule has 1 fully saturated rings. The summed E-state index contributed by atoms with van der Waals surface area (Å²) in [4.78, 5) is 14.1. The van der Waals surface area contributed by atoms with Gasteiger partial charge in [-0.15, -0.1) is 6.58 Å². The van der Waals surface area contributed by atoms with Crippen LogP contribution in [-0.4, -0.2) is 30.4 Å². The minimum Gasteiger partial charge on any atom is -0.334 e. The smallest absolute Gasteiger partial charge is 0.227 e. The number of carbonyl (C=O) groups excluding carboxylic acids is 1. The van der Waals surface area contributed by atoms with E-state index in [1.54, 1.807) is 23.1 Å². The monoisotopic (exact) mass is 340 g/mol. The third kappa shape index (κ3) is 3.67. The maximum absolute atomic E-state index is 13.8.